The second-order valence-electron chi connectivity index (χ2n) is 10.5. The van der Waals surface area contributed by atoms with Crippen LogP contribution in [0.3, 0.4) is 0 Å². The van der Waals surface area contributed by atoms with Gasteiger partial charge >= 0.3 is 18.4 Å². The van der Waals surface area contributed by atoms with Crippen LogP contribution in [0.15, 0.2) is 77.7 Å². The third-order valence-corrected chi connectivity index (χ3v) is 8.05. The minimum absolute atomic E-state index is 0.0232. The number of aliphatic carboxylic acids is 1. The molecule has 0 heterocycles. The lowest BCUT2D eigenvalue weighted by atomic mass is 9.93. The summed E-state index contributed by atoms with van der Waals surface area (Å²) in [7, 11) is 0. The van der Waals surface area contributed by atoms with Crippen LogP contribution in [-0.4, -0.2) is 57.9 Å². The SMILES string of the molecule is C[S+]([O-])c1cc(NC(=O)N(Cc2ccc(C(=O)NC[C@@H](O)C(=O)O)cc2)c2ccc(C3=CCCCC3)cc2)ccc1OC(F)(F)F. The Morgan fingerprint density at radius 3 is 2.33 bits per heavy atom. The molecule has 0 aliphatic heterocycles. The minimum Gasteiger partial charge on any atom is -0.612 e. The van der Waals surface area contributed by atoms with Crippen molar-refractivity contribution in [2.75, 3.05) is 23.0 Å². The smallest absolute Gasteiger partial charge is 0.573 e. The maximum absolute atomic E-state index is 13.7. The monoisotopic (exact) mass is 659 g/mol. The number of ether oxygens (including phenoxy) is 1. The largest absolute Gasteiger partial charge is 0.612 e. The molecule has 1 aliphatic carbocycles. The first kappa shape index (κ1) is 34.3. The number of benzene rings is 3. The maximum Gasteiger partial charge on any atom is 0.573 e. The summed E-state index contributed by atoms with van der Waals surface area (Å²) < 4.78 is 54.8. The van der Waals surface area contributed by atoms with Crippen molar-refractivity contribution in [3.8, 4) is 5.75 Å². The number of carboxylic acid groups (broad SMARTS) is 1. The van der Waals surface area contributed by atoms with Gasteiger partial charge < -0.3 is 30.1 Å². The van der Waals surface area contributed by atoms with Gasteiger partial charge in [-0.1, -0.05) is 30.3 Å². The first-order valence-electron chi connectivity index (χ1n) is 14.2. The topological polar surface area (TPSA) is 151 Å². The number of halogens is 3. The average Bonchev–Trinajstić information content (AvgIpc) is 3.03. The molecule has 244 valence electrons. The van der Waals surface area contributed by atoms with Crippen LogP contribution in [-0.2, 0) is 22.5 Å². The van der Waals surface area contributed by atoms with Gasteiger partial charge in [0.2, 0.25) is 0 Å². The molecule has 3 aromatic rings. The van der Waals surface area contributed by atoms with Crippen molar-refractivity contribution in [2.24, 2.45) is 0 Å². The summed E-state index contributed by atoms with van der Waals surface area (Å²) in [4.78, 5) is 38.0. The van der Waals surface area contributed by atoms with Gasteiger partial charge in [0, 0.05) is 23.0 Å². The number of carbonyl (C=O) groups is 3. The van der Waals surface area contributed by atoms with Crippen LogP contribution in [0.25, 0.3) is 5.57 Å². The Kier molecular flexibility index (Phi) is 11.3. The fourth-order valence-electron chi connectivity index (χ4n) is 4.77. The van der Waals surface area contributed by atoms with Crippen LogP contribution < -0.4 is 20.3 Å². The van der Waals surface area contributed by atoms with Crippen molar-refractivity contribution < 1.29 is 47.1 Å². The highest BCUT2D eigenvalue weighted by atomic mass is 32.2. The van der Waals surface area contributed by atoms with E-state index in [1.54, 1.807) is 24.3 Å². The minimum atomic E-state index is -4.99. The van der Waals surface area contributed by atoms with Gasteiger partial charge in [0.15, 0.2) is 16.7 Å². The fraction of sp³-hybridized carbons (Fsp3) is 0.281. The molecular weight excluding hydrogens is 627 g/mol. The van der Waals surface area contributed by atoms with E-state index in [9.17, 15) is 37.2 Å². The molecule has 0 fully saturated rings. The van der Waals surface area contributed by atoms with E-state index in [4.69, 9.17) is 5.11 Å². The number of nitrogens with zero attached hydrogens (tertiary/aromatic N) is 1. The molecule has 1 unspecified atom stereocenters. The maximum atomic E-state index is 13.7. The van der Waals surface area contributed by atoms with Gasteiger partial charge in [-0.3, -0.25) is 9.69 Å². The number of aliphatic hydroxyl groups excluding tert-OH is 1. The molecule has 4 N–H and O–H groups in total. The zero-order valence-corrected chi connectivity index (χ0v) is 25.5. The van der Waals surface area contributed by atoms with E-state index in [1.807, 2.05) is 12.1 Å². The number of rotatable bonds is 11. The van der Waals surface area contributed by atoms with E-state index in [0.717, 1.165) is 43.4 Å². The summed E-state index contributed by atoms with van der Waals surface area (Å²) in [6.45, 7) is -0.456. The van der Waals surface area contributed by atoms with Crippen LogP contribution in [0.5, 0.6) is 5.75 Å². The molecule has 4 rings (SSSR count). The van der Waals surface area contributed by atoms with Crippen LogP contribution >= 0.6 is 0 Å². The lowest BCUT2D eigenvalue weighted by Gasteiger charge is -2.24. The summed E-state index contributed by atoms with van der Waals surface area (Å²) in [5.41, 5.74) is 3.67. The molecule has 0 aromatic heterocycles. The second-order valence-corrected chi connectivity index (χ2v) is 11.8. The molecule has 14 heteroatoms. The Balaban J connectivity index is 1.58. The molecule has 1 aliphatic rings. The first-order chi connectivity index (χ1) is 21.8. The Hall–Kier alpha value is -4.53. The van der Waals surface area contributed by atoms with Gasteiger partial charge in [-0.2, -0.15) is 0 Å². The Labute approximate surface area is 266 Å². The van der Waals surface area contributed by atoms with Gasteiger partial charge in [-0.15, -0.1) is 13.2 Å². The van der Waals surface area contributed by atoms with Gasteiger partial charge in [0.25, 0.3) is 5.91 Å². The van der Waals surface area contributed by atoms with Gasteiger partial charge in [-0.25, -0.2) is 9.59 Å². The fourth-order valence-corrected chi connectivity index (χ4v) is 5.46. The van der Waals surface area contributed by atoms with E-state index in [1.165, 1.54) is 34.9 Å². The molecule has 0 saturated heterocycles. The molecule has 0 bridgehead atoms. The summed E-state index contributed by atoms with van der Waals surface area (Å²) in [6.07, 6.45) is 0.821. The number of anilines is 2. The van der Waals surface area contributed by atoms with Crippen molar-refractivity contribution in [3.63, 3.8) is 0 Å². The molecule has 0 saturated carbocycles. The quantitative estimate of drug-likeness (QED) is 0.193. The molecule has 3 amide bonds. The van der Waals surface area contributed by atoms with E-state index in [-0.39, 0.29) is 22.7 Å². The molecule has 3 aromatic carbocycles. The average molecular weight is 660 g/mol. The zero-order chi connectivity index (χ0) is 33.4. The van der Waals surface area contributed by atoms with Gasteiger partial charge in [-0.05, 0) is 90.0 Å². The van der Waals surface area contributed by atoms with Crippen molar-refractivity contribution >= 4 is 46.0 Å². The highest BCUT2D eigenvalue weighted by molar-refractivity contribution is 7.90. The van der Waals surface area contributed by atoms with Crippen LogP contribution in [0.1, 0.15) is 47.2 Å². The molecule has 0 spiro atoms. The number of hydrogen-bond acceptors (Lipinski definition) is 6. The van der Waals surface area contributed by atoms with E-state index >= 15 is 0 Å². The first-order valence-corrected chi connectivity index (χ1v) is 15.8. The summed E-state index contributed by atoms with van der Waals surface area (Å²) in [5, 5.41) is 23.2. The molecule has 10 nitrogen and oxygen atoms in total. The molecule has 2 atom stereocenters. The van der Waals surface area contributed by atoms with Crippen LogP contribution in [0.2, 0.25) is 0 Å². The van der Waals surface area contributed by atoms with E-state index in [2.05, 4.69) is 21.4 Å². The Bertz CT molecular complexity index is 1580. The summed E-state index contributed by atoms with van der Waals surface area (Å²) >= 11 is -1.87. The van der Waals surface area contributed by atoms with Gasteiger partial charge in [0.05, 0.1) is 13.1 Å². The summed E-state index contributed by atoms with van der Waals surface area (Å²) in [6, 6.07) is 16.3. The van der Waals surface area contributed by atoms with Crippen molar-refractivity contribution in [3.05, 3.63) is 89.5 Å². The number of carboxylic acids is 1. The summed E-state index contributed by atoms with van der Waals surface area (Å²) in [5.74, 6) is -2.71. The number of allylic oxidation sites excluding steroid dienone is 2. The number of aliphatic hydroxyl groups is 1. The normalized spacial score (nSPS) is 14.4. The van der Waals surface area contributed by atoms with Gasteiger partial charge in [0.1, 0.15) is 6.26 Å². The number of hydrogen-bond donors (Lipinski definition) is 4. The molecule has 46 heavy (non-hydrogen) atoms. The lowest BCUT2D eigenvalue weighted by Crippen LogP contribution is -2.36. The van der Waals surface area contributed by atoms with E-state index < -0.39 is 53.8 Å². The molecule has 0 radical (unpaired) electrons. The number of nitrogens with one attached hydrogen (secondary N) is 2. The third kappa shape index (κ3) is 9.49. The van der Waals surface area contributed by atoms with Crippen molar-refractivity contribution in [1.82, 2.24) is 5.32 Å². The second kappa shape index (κ2) is 15.2. The van der Waals surface area contributed by atoms with Crippen molar-refractivity contribution in [1.29, 1.82) is 0 Å². The van der Waals surface area contributed by atoms with Crippen LogP contribution in [0, 0.1) is 0 Å². The predicted molar refractivity (Wildman–Crippen MR) is 166 cm³/mol. The Morgan fingerprint density at radius 1 is 1.04 bits per heavy atom. The highest BCUT2D eigenvalue weighted by Gasteiger charge is 2.34. The van der Waals surface area contributed by atoms with Crippen LogP contribution in [0.4, 0.5) is 29.3 Å². The zero-order valence-electron chi connectivity index (χ0n) is 24.7. The highest BCUT2D eigenvalue weighted by Crippen LogP contribution is 2.33. The predicted octanol–water partition coefficient (Wildman–Crippen LogP) is 5.69. The molecular formula is C32H32F3N3O7S. The number of amides is 3. The third-order valence-electron chi connectivity index (χ3n) is 7.11. The number of carbonyl (C=O) groups excluding carboxylic acids is 2. The van der Waals surface area contributed by atoms with Crippen molar-refractivity contribution in [2.45, 2.75) is 49.6 Å². The standard InChI is InChI=1S/C32H32F3N3O7S/c1-46(44)28-17-24(13-16-27(28)45-32(33,34)35)37-31(43)38(25-14-11-22(12-15-25)21-5-3-2-4-6-21)19-20-7-9-23(10-8-20)29(40)36-18-26(39)30(41)42/h5,7-17,26,39H,2-4,6,18-19H2,1H3,(H,36,40)(H,37,43)(H,41,42)/t26-,46?/m1/s1. The number of alkyl halides is 3. The number of urea groups is 1. The van der Waals surface area contributed by atoms with E-state index in [0.29, 0.717) is 11.3 Å². The Morgan fingerprint density at radius 2 is 1.74 bits per heavy atom. The lowest BCUT2D eigenvalue weighted by molar-refractivity contribution is -0.275.